The summed E-state index contributed by atoms with van der Waals surface area (Å²) >= 11 is 1.30. The highest BCUT2D eigenvalue weighted by molar-refractivity contribution is 7.99. The Morgan fingerprint density at radius 2 is 1.92 bits per heavy atom. The molecule has 5 nitrogen and oxygen atoms in total. The molecule has 0 atom stereocenters. The number of Topliss-reactive ketones (excluding diaryl/α,β-unsaturated/α-hetero) is 1. The number of halogens is 1. The first-order valence-corrected chi connectivity index (χ1v) is 8.57. The van der Waals surface area contributed by atoms with E-state index in [-0.39, 0.29) is 17.2 Å². The molecule has 0 bridgehead atoms. The summed E-state index contributed by atoms with van der Waals surface area (Å²) in [4.78, 5) is 11.5. The maximum atomic E-state index is 13.7. The van der Waals surface area contributed by atoms with Crippen molar-refractivity contribution < 1.29 is 18.3 Å². The van der Waals surface area contributed by atoms with E-state index in [1.807, 2.05) is 6.07 Å². The van der Waals surface area contributed by atoms with E-state index in [0.29, 0.717) is 28.9 Å². The first-order valence-electron chi connectivity index (χ1n) is 7.59. The Morgan fingerprint density at radius 3 is 2.72 bits per heavy atom. The second-order valence-corrected chi connectivity index (χ2v) is 6.15. The van der Waals surface area contributed by atoms with Crippen LogP contribution in [0.3, 0.4) is 0 Å². The van der Waals surface area contributed by atoms with E-state index in [0.717, 1.165) is 0 Å². The molecular weight excluding hydrogens is 343 g/mol. The molecule has 3 aromatic rings. The number of rotatable bonds is 7. The summed E-state index contributed by atoms with van der Waals surface area (Å²) < 4.78 is 24.8. The molecule has 0 aliphatic heterocycles. The average molecular weight is 358 g/mol. The molecule has 2 aromatic carbocycles. The van der Waals surface area contributed by atoms with Gasteiger partial charge in [0.25, 0.3) is 11.1 Å². The van der Waals surface area contributed by atoms with Crippen LogP contribution >= 0.6 is 11.8 Å². The van der Waals surface area contributed by atoms with Crippen molar-refractivity contribution in [1.29, 1.82) is 0 Å². The number of carbonyl (C=O) groups is 1. The minimum Gasteiger partial charge on any atom is -0.492 e. The van der Waals surface area contributed by atoms with E-state index in [1.54, 1.807) is 36.4 Å². The molecule has 0 aliphatic rings. The van der Waals surface area contributed by atoms with Gasteiger partial charge in [-0.3, -0.25) is 4.79 Å². The van der Waals surface area contributed by atoms with Crippen LogP contribution in [0.5, 0.6) is 5.75 Å². The lowest BCUT2D eigenvalue weighted by Crippen LogP contribution is -2.04. The summed E-state index contributed by atoms with van der Waals surface area (Å²) in [5.74, 6) is 0.781. The molecule has 0 aliphatic carbocycles. The maximum Gasteiger partial charge on any atom is 0.276 e. The smallest absolute Gasteiger partial charge is 0.276 e. The zero-order valence-electron chi connectivity index (χ0n) is 13.4. The number of benzene rings is 2. The third kappa shape index (κ3) is 4.24. The predicted octanol–water partition coefficient (Wildman–Crippen LogP) is 4.25. The summed E-state index contributed by atoms with van der Waals surface area (Å²) in [6.45, 7) is 1.87. The van der Waals surface area contributed by atoms with Gasteiger partial charge in [0.2, 0.25) is 0 Å². The fourth-order valence-corrected chi connectivity index (χ4v) is 2.75. The van der Waals surface area contributed by atoms with Crippen molar-refractivity contribution in [2.45, 2.75) is 12.1 Å². The van der Waals surface area contributed by atoms with E-state index in [4.69, 9.17) is 9.15 Å². The number of ether oxygens (including phenoxy) is 1. The van der Waals surface area contributed by atoms with Crippen LogP contribution in [0.2, 0.25) is 0 Å². The van der Waals surface area contributed by atoms with Gasteiger partial charge in [-0.15, -0.1) is 10.2 Å². The highest BCUT2D eigenvalue weighted by atomic mass is 32.2. The van der Waals surface area contributed by atoms with Crippen LogP contribution in [0.15, 0.2) is 58.2 Å². The standard InChI is InChI=1S/C18H15FN2O3S/c1-12(22)13-6-3-5-9-16(13)23-10-11-25-18-21-20-17(24-18)14-7-2-4-8-15(14)19/h2-9H,10-11H2,1H3. The van der Waals surface area contributed by atoms with Crippen LogP contribution in [-0.4, -0.2) is 28.3 Å². The summed E-state index contributed by atoms with van der Waals surface area (Å²) in [5, 5.41) is 8.09. The topological polar surface area (TPSA) is 65.2 Å². The first-order chi connectivity index (χ1) is 12.1. The number of thioether (sulfide) groups is 1. The Kier molecular flexibility index (Phi) is 5.45. The summed E-state index contributed by atoms with van der Waals surface area (Å²) in [6.07, 6.45) is 0. The fraction of sp³-hybridized carbons (Fsp3) is 0.167. The lowest BCUT2D eigenvalue weighted by molar-refractivity contribution is 0.101. The highest BCUT2D eigenvalue weighted by Gasteiger charge is 2.13. The SMILES string of the molecule is CC(=O)c1ccccc1OCCSc1nnc(-c2ccccc2F)o1. The molecule has 1 heterocycles. The van der Waals surface area contributed by atoms with Crippen molar-refractivity contribution in [2.24, 2.45) is 0 Å². The lowest BCUT2D eigenvalue weighted by Gasteiger charge is -2.08. The molecule has 128 valence electrons. The van der Waals surface area contributed by atoms with Crippen molar-refractivity contribution >= 4 is 17.5 Å². The van der Waals surface area contributed by atoms with Gasteiger partial charge < -0.3 is 9.15 Å². The Hall–Kier alpha value is -2.67. The van der Waals surface area contributed by atoms with Gasteiger partial charge >= 0.3 is 0 Å². The van der Waals surface area contributed by atoms with Crippen LogP contribution in [-0.2, 0) is 0 Å². The van der Waals surface area contributed by atoms with Crippen molar-refractivity contribution in [2.75, 3.05) is 12.4 Å². The van der Waals surface area contributed by atoms with Gasteiger partial charge in [-0.25, -0.2) is 4.39 Å². The molecule has 0 saturated carbocycles. The quantitative estimate of drug-likeness (QED) is 0.357. The Bertz CT molecular complexity index is 882. The van der Waals surface area contributed by atoms with Crippen LogP contribution in [0.4, 0.5) is 4.39 Å². The number of ketones is 1. The number of carbonyl (C=O) groups excluding carboxylic acids is 1. The predicted molar refractivity (Wildman–Crippen MR) is 92.4 cm³/mol. The zero-order valence-corrected chi connectivity index (χ0v) is 14.3. The maximum absolute atomic E-state index is 13.7. The van der Waals surface area contributed by atoms with Crippen molar-refractivity contribution in [3.05, 3.63) is 59.9 Å². The lowest BCUT2D eigenvalue weighted by atomic mass is 10.1. The molecular formula is C18H15FN2O3S. The number of aromatic nitrogens is 2. The number of hydrogen-bond donors (Lipinski definition) is 0. The number of hydrogen-bond acceptors (Lipinski definition) is 6. The average Bonchev–Trinajstić information content (AvgIpc) is 3.08. The van der Waals surface area contributed by atoms with Crippen molar-refractivity contribution in [3.63, 3.8) is 0 Å². The van der Waals surface area contributed by atoms with Crippen LogP contribution in [0.1, 0.15) is 17.3 Å². The molecule has 0 N–H and O–H groups in total. The van der Waals surface area contributed by atoms with Gasteiger partial charge in [-0.1, -0.05) is 36.0 Å². The van der Waals surface area contributed by atoms with E-state index in [1.165, 1.54) is 24.8 Å². The van der Waals surface area contributed by atoms with E-state index in [9.17, 15) is 9.18 Å². The normalized spacial score (nSPS) is 10.6. The van der Waals surface area contributed by atoms with Gasteiger partial charge in [-0.05, 0) is 31.2 Å². The Labute approximate surface area is 148 Å². The van der Waals surface area contributed by atoms with Gasteiger partial charge in [0, 0.05) is 5.75 Å². The monoisotopic (exact) mass is 358 g/mol. The molecule has 0 fully saturated rings. The summed E-state index contributed by atoms with van der Waals surface area (Å²) in [7, 11) is 0. The molecule has 0 spiro atoms. The highest BCUT2D eigenvalue weighted by Crippen LogP contribution is 2.25. The van der Waals surface area contributed by atoms with Crippen molar-refractivity contribution in [3.8, 4) is 17.2 Å². The molecule has 3 rings (SSSR count). The van der Waals surface area contributed by atoms with E-state index in [2.05, 4.69) is 10.2 Å². The zero-order chi connectivity index (χ0) is 17.6. The van der Waals surface area contributed by atoms with E-state index < -0.39 is 5.82 Å². The second-order valence-electron chi connectivity index (χ2n) is 5.10. The minimum atomic E-state index is -0.410. The van der Waals surface area contributed by atoms with Gasteiger partial charge in [0.15, 0.2) is 5.78 Å². The summed E-state index contributed by atoms with van der Waals surface area (Å²) in [6, 6.07) is 13.3. The molecule has 0 unspecified atom stereocenters. The van der Waals surface area contributed by atoms with Crippen LogP contribution in [0.25, 0.3) is 11.5 Å². The van der Waals surface area contributed by atoms with Gasteiger partial charge in [0.1, 0.15) is 11.6 Å². The molecule has 25 heavy (non-hydrogen) atoms. The molecule has 1 aromatic heterocycles. The molecule has 0 saturated heterocycles. The molecule has 0 amide bonds. The first kappa shape index (κ1) is 17.2. The van der Waals surface area contributed by atoms with E-state index >= 15 is 0 Å². The number of para-hydroxylation sites is 1. The largest absolute Gasteiger partial charge is 0.492 e. The minimum absolute atomic E-state index is 0.0466. The Balaban J connectivity index is 1.56. The molecule has 7 heteroatoms. The third-order valence-electron chi connectivity index (χ3n) is 3.34. The second kappa shape index (κ2) is 7.94. The number of nitrogens with zero attached hydrogens (tertiary/aromatic N) is 2. The van der Waals surface area contributed by atoms with Crippen LogP contribution < -0.4 is 4.74 Å². The summed E-state index contributed by atoms with van der Waals surface area (Å²) in [5.41, 5.74) is 0.820. The molecule has 0 radical (unpaired) electrons. The fourth-order valence-electron chi connectivity index (χ4n) is 2.18. The van der Waals surface area contributed by atoms with Crippen LogP contribution in [0, 0.1) is 5.82 Å². The van der Waals surface area contributed by atoms with Crippen molar-refractivity contribution in [1.82, 2.24) is 10.2 Å². The van der Waals surface area contributed by atoms with Gasteiger partial charge in [-0.2, -0.15) is 0 Å². The third-order valence-corrected chi connectivity index (χ3v) is 4.13. The Morgan fingerprint density at radius 1 is 1.16 bits per heavy atom. The van der Waals surface area contributed by atoms with Gasteiger partial charge in [0.05, 0.1) is 17.7 Å².